The molecule has 0 bridgehead atoms. The molecular formula is C9H8BrFO2. The average Bonchev–Trinajstić information content (AvgIpc) is 2.08. The van der Waals surface area contributed by atoms with Crippen molar-refractivity contribution in [3.05, 3.63) is 34.6 Å². The van der Waals surface area contributed by atoms with E-state index >= 15 is 0 Å². The summed E-state index contributed by atoms with van der Waals surface area (Å²) < 4.78 is 13.0. The molecule has 2 nitrogen and oxygen atoms in total. The fraction of sp³-hybridized carbons (Fsp3) is 0.222. The van der Waals surface area contributed by atoms with Crippen molar-refractivity contribution in [2.75, 3.05) is 0 Å². The number of hydrogen-bond acceptors (Lipinski definition) is 1. The van der Waals surface area contributed by atoms with Crippen LogP contribution in [-0.4, -0.2) is 11.1 Å². The zero-order valence-corrected chi connectivity index (χ0v) is 8.56. The van der Waals surface area contributed by atoms with Gasteiger partial charge in [-0.1, -0.05) is 22.0 Å². The zero-order valence-electron chi connectivity index (χ0n) is 6.97. The molecule has 0 aromatic heterocycles. The predicted molar refractivity (Wildman–Crippen MR) is 50.7 cm³/mol. The summed E-state index contributed by atoms with van der Waals surface area (Å²) in [4.78, 5) is 10.7. The van der Waals surface area contributed by atoms with E-state index in [1.165, 1.54) is 6.07 Å². The summed E-state index contributed by atoms with van der Waals surface area (Å²) in [5, 5.41) is 9.14. The van der Waals surface area contributed by atoms with Gasteiger partial charge in [0.25, 0.3) is 0 Å². The Morgan fingerprint density at radius 1 is 1.62 bits per heavy atom. The Balaban J connectivity index is 3.33. The van der Waals surface area contributed by atoms with Gasteiger partial charge < -0.3 is 5.11 Å². The molecule has 0 aliphatic rings. The van der Waals surface area contributed by atoms with Crippen LogP contribution in [-0.2, 0) is 5.33 Å². The number of carbonyl (C=O) groups is 1. The molecule has 0 heterocycles. The Kier molecular flexibility index (Phi) is 3.03. The number of carboxylic acids is 1. The molecule has 0 unspecified atom stereocenters. The zero-order chi connectivity index (χ0) is 10.0. The molecule has 0 atom stereocenters. The van der Waals surface area contributed by atoms with E-state index in [0.29, 0.717) is 16.5 Å². The summed E-state index contributed by atoms with van der Waals surface area (Å²) in [6.07, 6.45) is 0. The molecular weight excluding hydrogens is 239 g/mol. The van der Waals surface area contributed by atoms with Gasteiger partial charge >= 0.3 is 5.97 Å². The molecule has 13 heavy (non-hydrogen) atoms. The fourth-order valence-corrected chi connectivity index (χ4v) is 1.51. The third-order valence-electron chi connectivity index (χ3n) is 1.76. The number of hydrogen-bond donors (Lipinski definition) is 1. The van der Waals surface area contributed by atoms with Gasteiger partial charge in [-0.3, -0.25) is 0 Å². The Hall–Kier alpha value is -0.900. The summed E-state index contributed by atoms with van der Waals surface area (Å²) >= 11 is 3.15. The molecule has 4 heteroatoms. The molecule has 0 aliphatic heterocycles. The van der Waals surface area contributed by atoms with Crippen molar-refractivity contribution in [3.8, 4) is 0 Å². The average molecular weight is 247 g/mol. The molecule has 1 rings (SSSR count). The van der Waals surface area contributed by atoms with E-state index in [1.807, 2.05) is 0 Å². The van der Waals surface area contributed by atoms with Crippen LogP contribution in [0.25, 0.3) is 0 Å². The van der Waals surface area contributed by atoms with E-state index in [9.17, 15) is 9.18 Å². The van der Waals surface area contributed by atoms with Crippen molar-refractivity contribution in [2.45, 2.75) is 12.3 Å². The number of halogens is 2. The number of benzene rings is 1. The summed E-state index contributed by atoms with van der Waals surface area (Å²) in [7, 11) is 0. The Morgan fingerprint density at radius 3 is 2.69 bits per heavy atom. The molecule has 0 radical (unpaired) electrons. The van der Waals surface area contributed by atoms with E-state index in [0.717, 1.165) is 6.07 Å². The highest BCUT2D eigenvalue weighted by Crippen LogP contribution is 2.17. The molecule has 0 spiro atoms. The molecule has 70 valence electrons. The maximum absolute atomic E-state index is 13.0. The van der Waals surface area contributed by atoms with Crippen LogP contribution in [0.1, 0.15) is 21.5 Å². The lowest BCUT2D eigenvalue weighted by Gasteiger charge is -2.04. The monoisotopic (exact) mass is 246 g/mol. The maximum Gasteiger partial charge on any atom is 0.336 e. The van der Waals surface area contributed by atoms with Crippen molar-refractivity contribution >= 4 is 21.9 Å². The number of carboxylic acid groups (broad SMARTS) is 1. The molecule has 0 saturated carbocycles. The van der Waals surface area contributed by atoms with Crippen molar-refractivity contribution < 1.29 is 14.3 Å². The first kappa shape index (κ1) is 10.2. The maximum atomic E-state index is 13.0. The van der Waals surface area contributed by atoms with Crippen molar-refractivity contribution in [2.24, 2.45) is 0 Å². The largest absolute Gasteiger partial charge is 0.478 e. The molecule has 1 aromatic carbocycles. The second-order valence-electron chi connectivity index (χ2n) is 2.70. The fourth-order valence-electron chi connectivity index (χ4n) is 1.05. The van der Waals surface area contributed by atoms with Crippen LogP contribution in [0.3, 0.4) is 0 Å². The first-order valence-corrected chi connectivity index (χ1v) is 4.76. The lowest BCUT2D eigenvalue weighted by Crippen LogP contribution is -2.03. The van der Waals surface area contributed by atoms with Crippen LogP contribution in [0.2, 0.25) is 0 Å². The Labute approximate surface area is 83.5 Å². The van der Waals surface area contributed by atoms with Crippen LogP contribution in [0.4, 0.5) is 4.39 Å². The number of rotatable bonds is 2. The van der Waals surface area contributed by atoms with Gasteiger partial charge in [-0.05, 0) is 24.1 Å². The summed E-state index contributed by atoms with van der Waals surface area (Å²) in [6.45, 7) is 1.60. The highest BCUT2D eigenvalue weighted by molar-refractivity contribution is 9.08. The second kappa shape index (κ2) is 3.87. The van der Waals surface area contributed by atoms with Gasteiger partial charge in [0, 0.05) is 5.33 Å². The minimum Gasteiger partial charge on any atom is -0.478 e. The first-order chi connectivity index (χ1) is 6.06. The van der Waals surface area contributed by atoms with Crippen LogP contribution in [0.5, 0.6) is 0 Å². The lowest BCUT2D eigenvalue weighted by molar-refractivity contribution is 0.0695. The van der Waals surface area contributed by atoms with Crippen LogP contribution in [0, 0.1) is 12.7 Å². The van der Waals surface area contributed by atoms with Crippen molar-refractivity contribution in [1.82, 2.24) is 0 Å². The normalized spacial score (nSPS) is 10.1. The molecule has 0 saturated heterocycles. The molecule has 1 aromatic rings. The van der Waals surface area contributed by atoms with E-state index < -0.39 is 11.8 Å². The highest BCUT2D eigenvalue weighted by atomic mass is 79.9. The second-order valence-corrected chi connectivity index (χ2v) is 3.26. The summed E-state index contributed by atoms with van der Waals surface area (Å²) in [6, 6.07) is 2.59. The smallest absolute Gasteiger partial charge is 0.336 e. The lowest BCUT2D eigenvalue weighted by atomic mass is 10.1. The van der Waals surface area contributed by atoms with Gasteiger partial charge in [0.15, 0.2) is 0 Å². The van der Waals surface area contributed by atoms with E-state index in [2.05, 4.69) is 15.9 Å². The highest BCUT2D eigenvalue weighted by Gasteiger charge is 2.11. The number of aromatic carboxylic acids is 1. The summed E-state index contributed by atoms with van der Waals surface area (Å²) in [5.74, 6) is -1.59. The van der Waals surface area contributed by atoms with Crippen LogP contribution < -0.4 is 0 Å². The van der Waals surface area contributed by atoms with Crippen molar-refractivity contribution in [3.63, 3.8) is 0 Å². The molecule has 0 fully saturated rings. The van der Waals surface area contributed by atoms with Gasteiger partial charge in [-0.25, -0.2) is 9.18 Å². The minimum atomic E-state index is -1.10. The van der Waals surface area contributed by atoms with Gasteiger partial charge in [0.1, 0.15) is 5.82 Å². The Bertz CT molecular complexity index is 350. The van der Waals surface area contributed by atoms with Gasteiger partial charge in [0.05, 0.1) is 5.56 Å². The Morgan fingerprint density at radius 2 is 2.23 bits per heavy atom. The standard InChI is InChI=1S/C9H8BrFO2/c1-5-2-6(4-10)7(9(12)13)3-8(5)11/h2-3H,4H2,1H3,(H,12,13). The number of aryl methyl sites for hydroxylation is 1. The number of alkyl halides is 1. The van der Waals surface area contributed by atoms with Crippen LogP contribution in [0.15, 0.2) is 12.1 Å². The van der Waals surface area contributed by atoms with E-state index in [1.54, 1.807) is 6.92 Å². The third-order valence-corrected chi connectivity index (χ3v) is 2.36. The molecule has 1 N–H and O–H groups in total. The van der Waals surface area contributed by atoms with Crippen molar-refractivity contribution in [1.29, 1.82) is 0 Å². The van der Waals surface area contributed by atoms with E-state index in [4.69, 9.17) is 5.11 Å². The summed E-state index contributed by atoms with van der Waals surface area (Å²) in [5.41, 5.74) is 1.06. The third kappa shape index (κ3) is 2.06. The first-order valence-electron chi connectivity index (χ1n) is 3.64. The van der Waals surface area contributed by atoms with Crippen LogP contribution >= 0.6 is 15.9 Å². The quantitative estimate of drug-likeness (QED) is 0.816. The topological polar surface area (TPSA) is 37.3 Å². The predicted octanol–water partition coefficient (Wildman–Crippen LogP) is 2.73. The van der Waals surface area contributed by atoms with Gasteiger partial charge in [-0.2, -0.15) is 0 Å². The SMILES string of the molecule is Cc1cc(CBr)c(C(=O)O)cc1F. The van der Waals surface area contributed by atoms with Gasteiger partial charge in [0.2, 0.25) is 0 Å². The molecule has 0 amide bonds. The minimum absolute atomic E-state index is 0.0139. The van der Waals surface area contributed by atoms with E-state index in [-0.39, 0.29) is 5.56 Å². The molecule has 0 aliphatic carbocycles. The van der Waals surface area contributed by atoms with Gasteiger partial charge in [-0.15, -0.1) is 0 Å².